The first-order valence-electron chi connectivity index (χ1n) is 6.04. The number of nitrogens with one attached hydrogen (secondary N) is 1. The van der Waals surface area contributed by atoms with E-state index in [4.69, 9.17) is 10.3 Å². The first kappa shape index (κ1) is 10.2. The Kier molecular flexibility index (Phi) is 1.94. The van der Waals surface area contributed by atoms with Crippen molar-refractivity contribution in [1.29, 1.82) is 0 Å². The van der Waals surface area contributed by atoms with Gasteiger partial charge in [-0.25, -0.2) is 0 Å². The van der Waals surface area contributed by atoms with Crippen molar-refractivity contribution in [3.8, 4) is 11.3 Å². The fourth-order valence-corrected chi connectivity index (χ4v) is 2.43. The number of nitrogens with zero attached hydrogens (tertiary/aromatic N) is 1. The van der Waals surface area contributed by atoms with E-state index in [1.54, 1.807) is 6.07 Å². The molecule has 0 atom stereocenters. The fraction of sp³-hybridized carbons (Fsp3) is 0. The summed E-state index contributed by atoms with van der Waals surface area (Å²) in [4.78, 5) is 3.39. The van der Waals surface area contributed by atoms with E-state index in [1.165, 1.54) is 10.8 Å². The fourth-order valence-electron chi connectivity index (χ4n) is 2.43. The predicted molar refractivity (Wildman–Crippen MR) is 75.7 cm³/mol. The molecule has 0 bridgehead atoms. The molecular weight excluding hydrogens is 238 g/mol. The van der Waals surface area contributed by atoms with Crippen molar-refractivity contribution in [3.05, 3.63) is 48.5 Å². The summed E-state index contributed by atoms with van der Waals surface area (Å²) in [5.74, 6) is 1.08. The zero-order chi connectivity index (χ0) is 12.8. The number of para-hydroxylation sites is 1. The number of H-pyrrole nitrogens is 1. The number of anilines is 1. The molecule has 0 aliphatic carbocycles. The molecule has 0 aliphatic rings. The van der Waals surface area contributed by atoms with Crippen LogP contribution in [0.15, 0.2) is 53.1 Å². The van der Waals surface area contributed by atoms with Crippen LogP contribution in [-0.2, 0) is 0 Å². The van der Waals surface area contributed by atoms with Crippen LogP contribution in [0, 0.1) is 0 Å². The summed E-state index contributed by atoms with van der Waals surface area (Å²) in [6, 6.07) is 16.1. The van der Waals surface area contributed by atoms with Crippen LogP contribution in [0.4, 0.5) is 5.82 Å². The molecule has 2 aromatic heterocycles. The third kappa shape index (κ3) is 1.50. The van der Waals surface area contributed by atoms with E-state index in [0.717, 1.165) is 16.6 Å². The van der Waals surface area contributed by atoms with Crippen molar-refractivity contribution >= 4 is 27.6 Å². The van der Waals surface area contributed by atoms with Crippen molar-refractivity contribution in [2.45, 2.75) is 0 Å². The van der Waals surface area contributed by atoms with Gasteiger partial charge in [0.25, 0.3) is 0 Å². The number of hydrogen-bond donors (Lipinski definition) is 2. The first-order valence-corrected chi connectivity index (χ1v) is 6.04. The van der Waals surface area contributed by atoms with Gasteiger partial charge in [-0.05, 0) is 24.3 Å². The average molecular weight is 249 g/mol. The number of aromatic nitrogens is 2. The van der Waals surface area contributed by atoms with Gasteiger partial charge in [0.2, 0.25) is 0 Å². The highest BCUT2D eigenvalue weighted by Gasteiger charge is 2.08. The summed E-state index contributed by atoms with van der Waals surface area (Å²) >= 11 is 0. The third-order valence-corrected chi connectivity index (χ3v) is 3.32. The van der Waals surface area contributed by atoms with Crippen LogP contribution in [-0.4, -0.2) is 10.1 Å². The van der Waals surface area contributed by atoms with Gasteiger partial charge in [-0.3, -0.25) is 0 Å². The van der Waals surface area contributed by atoms with E-state index in [1.807, 2.05) is 24.3 Å². The number of nitrogen functional groups attached to an aromatic ring is 1. The lowest BCUT2D eigenvalue weighted by molar-refractivity contribution is 0.436. The lowest BCUT2D eigenvalue weighted by Crippen LogP contribution is -1.80. The van der Waals surface area contributed by atoms with Gasteiger partial charge < -0.3 is 15.2 Å². The molecule has 92 valence electrons. The highest BCUT2D eigenvalue weighted by molar-refractivity contribution is 6.08. The number of aromatic amines is 1. The SMILES string of the molecule is Nc1cc(-c2ccc3[nH]c4ccccc4c3c2)on1. The van der Waals surface area contributed by atoms with Gasteiger partial charge in [0.15, 0.2) is 11.6 Å². The number of nitrogens with two attached hydrogens (primary N) is 1. The Morgan fingerprint density at radius 1 is 0.947 bits per heavy atom. The van der Waals surface area contributed by atoms with Crippen LogP contribution < -0.4 is 5.73 Å². The molecule has 4 rings (SSSR count). The zero-order valence-corrected chi connectivity index (χ0v) is 10.1. The second kappa shape index (κ2) is 3.62. The smallest absolute Gasteiger partial charge is 0.169 e. The van der Waals surface area contributed by atoms with Gasteiger partial charge >= 0.3 is 0 Å². The molecule has 3 N–H and O–H groups in total. The number of fused-ring (bicyclic) bond motifs is 3. The van der Waals surface area contributed by atoms with Crippen LogP contribution in [0.2, 0.25) is 0 Å². The van der Waals surface area contributed by atoms with E-state index >= 15 is 0 Å². The van der Waals surface area contributed by atoms with Crippen LogP contribution >= 0.6 is 0 Å². The topological polar surface area (TPSA) is 67.8 Å². The Hall–Kier alpha value is -2.75. The summed E-state index contributed by atoms with van der Waals surface area (Å²) in [7, 11) is 0. The molecule has 0 amide bonds. The van der Waals surface area contributed by atoms with Crippen LogP contribution in [0.1, 0.15) is 0 Å². The second-order valence-corrected chi connectivity index (χ2v) is 4.55. The minimum absolute atomic E-state index is 0.397. The Balaban J connectivity index is 2.02. The van der Waals surface area contributed by atoms with Gasteiger partial charge in [0.05, 0.1) is 0 Å². The Morgan fingerprint density at radius 3 is 2.63 bits per heavy atom. The second-order valence-electron chi connectivity index (χ2n) is 4.55. The number of hydrogen-bond acceptors (Lipinski definition) is 3. The highest BCUT2D eigenvalue weighted by Crippen LogP contribution is 2.30. The summed E-state index contributed by atoms with van der Waals surface area (Å²) in [6.07, 6.45) is 0. The molecule has 0 saturated heterocycles. The van der Waals surface area contributed by atoms with Crippen LogP contribution in [0.3, 0.4) is 0 Å². The molecule has 4 heteroatoms. The van der Waals surface area contributed by atoms with E-state index < -0.39 is 0 Å². The highest BCUT2D eigenvalue weighted by atomic mass is 16.5. The molecule has 0 fully saturated rings. The summed E-state index contributed by atoms with van der Waals surface area (Å²) in [6.45, 7) is 0. The minimum atomic E-state index is 0.397. The van der Waals surface area contributed by atoms with Crippen molar-refractivity contribution in [1.82, 2.24) is 10.1 Å². The Morgan fingerprint density at radius 2 is 1.79 bits per heavy atom. The molecule has 19 heavy (non-hydrogen) atoms. The molecular formula is C15H11N3O. The number of rotatable bonds is 1. The van der Waals surface area contributed by atoms with E-state index in [0.29, 0.717) is 11.6 Å². The standard InChI is InChI=1S/C15H11N3O/c16-15-8-14(19-18-15)9-5-6-13-11(7-9)10-3-1-2-4-12(10)17-13/h1-8,17H,(H2,16,18). The van der Waals surface area contributed by atoms with Gasteiger partial charge in [-0.15, -0.1) is 0 Å². The van der Waals surface area contributed by atoms with Gasteiger partial charge in [0, 0.05) is 33.4 Å². The summed E-state index contributed by atoms with van der Waals surface area (Å²) < 4.78 is 5.20. The molecule has 0 unspecified atom stereocenters. The van der Waals surface area contributed by atoms with Crippen molar-refractivity contribution in [2.24, 2.45) is 0 Å². The van der Waals surface area contributed by atoms with Crippen molar-refractivity contribution < 1.29 is 4.52 Å². The minimum Gasteiger partial charge on any atom is -0.381 e. The monoisotopic (exact) mass is 249 g/mol. The van der Waals surface area contributed by atoms with E-state index in [-0.39, 0.29) is 0 Å². The van der Waals surface area contributed by atoms with Crippen molar-refractivity contribution in [3.63, 3.8) is 0 Å². The molecule has 0 spiro atoms. The average Bonchev–Trinajstić information content (AvgIpc) is 3.01. The normalized spacial score (nSPS) is 11.4. The first-order chi connectivity index (χ1) is 9.31. The quantitative estimate of drug-likeness (QED) is 0.542. The molecule has 4 nitrogen and oxygen atoms in total. The summed E-state index contributed by atoms with van der Waals surface area (Å²) in [5.41, 5.74) is 8.80. The molecule has 0 aliphatic heterocycles. The zero-order valence-electron chi connectivity index (χ0n) is 10.1. The maximum atomic E-state index is 5.59. The van der Waals surface area contributed by atoms with Crippen molar-refractivity contribution in [2.75, 3.05) is 5.73 Å². The van der Waals surface area contributed by atoms with Crippen LogP contribution in [0.25, 0.3) is 33.1 Å². The molecule has 0 saturated carbocycles. The lowest BCUT2D eigenvalue weighted by atomic mass is 10.1. The molecule has 0 radical (unpaired) electrons. The molecule has 2 heterocycles. The predicted octanol–water partition coefficient (Wildman–Crippen LogP) is 3.56. The molecule has 2 aromatic carbocycles. The Bertz CT molecular complexity index is 889. The van der Waals surface area contributed by atoms with Gasteiger partial charge in [-0.1, -0.05) is 23.4 Å². The van der Waals surface area contributed by atoms with Gasteiger partial charge in [0.1, 0.15) is 0 Å². The summed E-state index contributed by atoms with van der Waals surface area (Å²) in [5, 5.41) is 6.09. The van der Waals surface area contributed by atoms with E-state index in [2.05, 4.69) is 28.3 Å². The largest absolute Gasteiger partial charge is 0.381 e. The lowest BCUT2D eigenvalue weighted by Gasteiger charge is -1.96. The third-order valence-electron chi connectivity index (χ3n) is 3.32. The maximum absolute atomic E-state index is 5.59. The van der Waals surface area contributed by atoms with E-state index in [9.17, 15) is 0 Å². The molecule has 4 aromatic rings. The maximum Gasteiger partial charge on any atom is 0.169 e. The van der Waals surface area contributed by atoms with Gasteiger partial charge in [-0.2, -0.15) is 0 Å². The van der Waals surface area contributed by atoms with Crippen LogP contribution in [0.5, 0.6) is 0 Å². The number of benzene rings is 2. The Labute approximate surface area is 108 Å².